The lowest BCUT2D eigenvalue weighted by atomic mass is 9.94. The number of rotatable bonds is 2. The Kier molecular flexibility index (Phi) is 3.40. The summed E-state index contributed by atoms with van der Waals surface area (Å²) in [5.41, 5.74) is -1.33. The van der Waals surface area contributed by atoms with E-state index in [-0.39, 0.29) is 24.8 Å². The summed E-state index contributed by atoms with van der Waals surface area (Å²) in [6, 6.07) is 3.35. The van der Waals surface area contributed by atoms with E-state index >= 15 is 4.39 Å². The Morgan fingerprint density at radius 2 is 2.38 bits per heavy atom. The Hall–Kier alpha value is -2.31. The van der Waals surface area contributed by atoms with Crippen LogP contribution in [0.15, 0.2) is 29.0 Å². The number of aryl methyl sites for hydroxylation is 1. The molecule has 6 nitrogen and oxygen atoms in total. The average molecular weight is 290 g/mol. The van der Waals surface area contributed by atoms with Gasteiger partial charge >= 0.3 is 0 Å². The van der Waals surface area contributed by atoms with Crippen LogP contribution in [-0.2, 0) is 5.67 Å². The predicted octanol–water partition coefficient (Wildman–Crippen LogP) is 1.87. The third kappa shape index (κ3) is 2.63. The first-order valence-electron chi connectivity index (χ1n) is 6.77. The minimum atomic E-state index is -1.78. The van der Waals surface area contributed by atoms with Gasteiger partial charge in [0, 0.05) is 18.9 Å². The SMILES string of the molecule is Cc1noc(C2(F)CCCN(C(=O)c3cccnc3)C2)n1. The zero-order chi connectivity index (χ0) is 14.9. The van der Waals surface area contributed by atoms with Crippen LogP contribution in [0.25, 0.3) is 0 Å². The van der Waals surface area contributed by atoms with E-state index in [9.17, 15) is 4.79 Å². The van der Waals surface area contributed by atoms with E-state index in [4.69, 9.17) is 4.52 Å². The number of nitrogens with zero attached hydrogens (tertiary/aromatic N) is 4. The number of amides is 1. The molecule has 1 amide bonds. The summed E-state index contributed by atoms with van der Waals surface area (Å²) in [7, 11) is 0. The molecule has 0 saturated carbocycles. The summed E-state index contributed by atoms with van der Waals surface area (Å²) in [4.78, 5) is 21.7. The van der Waals surface area contributed by atoms with Crippen molar-refractivity contribution in [2.24, 2.45) is 0 Å². The molecule has 0 radical (unpaired) electrons. The summed E-state index contributed by atoms with van der Waals surface area (Å²) in [6.07, 6.45) is 3.89. The van der Waals surface area contributed by atoms with Gasteiger partial charge in [-0.25, -0.2) is 4.39 Å². The lowest BCUT2D eigenvalue weighted by molar-refractivity contribution is 0.0152. The van der Waals surface area contributed by atoms with Gasteiger partial charge in [-0.3, -0.25) is 9.78 Å². The summed E-state index contributed by atoms with van der Waals surface area (Å²) < 4.78 is 20.0. The summed E-state index contributed by atoms with van der Waals surface area (Å²) >= 11 is 0. The second kappa shape index (κ2) is 5.23. The molecule has 1 fully saturated rings. The number of aromatic nitrogens is 3. The van der Waals surface area contributed by atoms with Crippen LogP contribution in [0.2, 0.25) is 0 Å². The van der Waals surface area contributed by atoms with Crippen LogP contribution in [0.5, 0.6) is 0 Å². The molecule has 1 aliphatic heterocycles. The largest absolute Gasteiger partial charge is 0.336 e. The highest BCUT2D eigenvalue weighted by atomic mass is 19.1. The zero-order valence-electron chi connectivity index (χ0n) is 11.6. The molecule has 2 aromatic rings. The molecule has 0 spiro atoms. The summed E-state index contributed by atoms with van der Waals surface area (Å²) in [6.45, 7) is 2.06. The van der Waals surface area contributed by atoms with Crippen LogP contribution in [0, 0.1) is 6.92 Å². The molecule has 0 N–H and O–H groups in total. The van der Waals surface area contributed by atoms with Crippen molar-refractivity contribution in [3.8, 4) is 0 Å². The standard InChI is InChI=1S/C14H15FN4O2/c1-10-17-13(21-18-10)14(15)5-3-7-19(9-14)12(20)11-4-2-6-16-8-11/h2,4,6,8H,3,5,7,9H2,1H3. The highest BCUT2D eigenvalue weighted by molar-refractivity contribution is 5.94. The van der Waals surface area contributed by atoms with Gasteiger partial charge in [0.1, 0.15) is 0 Å². The van der Waals surface area contributed by atoms with Crippen LogP contribution < -0.4 is 0 Å². The molecule has 1 unspecified atom stereocenters. The van der Waals surface area contributed by atoms with Crippen molar-refractivity contribution in [1.29, 1.82) is 0 Å². The minimum Gasteiger partial charge on any atom is -0.336 e. The highest BCUT2D eigenvalue weighted by Crippen LogP contribution is 2.35. The summed E-state index contributed by atoms with van der Waals surface area (Å²) in [5, 5.41) is 3.63. The van der Waals surface area contributed by atoms with E-state index in [1.807, 2.05) is 0 Å². The molecule has 3 heterocycles. The van der Waals surface area contributed by atoms with Crippen molar-refractivity contribution in [2.75, 3.05) is 13.1 Å². The summed E-state index contributed by atoms with van der Waals surface area (Å²) in [5.74, 6) is 0.0995. The molecule has 7 heteroatoms. The second-order valence-corrected chi connectivity index (χ2v) is 5.18. The number of alkyl halides is 1. The first kappa shape index (κ1) is 13.7. The van der Waals surface area contributed by atoms with Crippen molar-refractivity contribution in [2.45, 2.75) is 25.4 Å². The van der Waals surface area contributed by atoms with E-state index in [0.29, 0.717) is 24.4 Å². The molecule has 0 aliphatic carbocycles. The molecule has 2 aromatic heterocycles. The predicted molar refractivity (Wildman–Crippen MR) is 71.2 cm³/mol. The van der Waals surface area contributed by atoms with Crippen LogP contribution in [0.1, 0.15) is 34.9 Å². The normalized spacial score (nSPS) is 22.3. The Morgan fingerprint density at radius 1 is 1.52 bits per heavy atom. The van der Waals surface area contributed by atoms with Gasteiger partial charge in [-0.1, -0.05) is 5.16 Å². The number of carbonyl (C=O) groups is 1. The molecule has 1 saturated heterocycles. The number of piperidine rings is 1. The van der Waals surface area contributed by atoms with Gasteiger partial charge in [0.25, 0.3) is 11.8 Å². The fourth-order valence-electron chi connectivity index (χ4n) is 2.51. The van der Waals surface area contributed by atoms with Crippen molar-refractivity contribution in [3.05, 3.63) is 41.8 Å². The van der Waals surface area contributed by atoms with E-state index in [1.54, 1.807) is 25.3 Å². The van der Waals surface area contributed by atoms with E-state index in [2.05, 4.69) is 15.1 Å². The van der Waals surface area contributed by atoms with Crippen LogP contribution in [-0.4, -0.2) is 39.0 Å². The number of likely N-dealkylation sites (tertiary alicyclic amines) is 1. The maximum absolute atomic E-state index is 15.0. The van der Waals surface area contributed by atoms with E-state index in [1.165, 1.54) is 11.1 Å². The quantitative estimate of drug-likeness (QED) is 0.844. The Balaban J connectivity index is 1.81. The zero-order valence-corrected chi connectivity index (χ0v) is 11.6. The van der Waals surface area contributed by atoms with Gasteiger partial charge in [-0.2, -0.15) is 4.98 Å². The van der Waals surface area contributed by atoms with Crippen molar-refractivity contribution in [3.63, 3.8) is 0 Å². The highest BCUT2D eigenvalue weighted by Gasteiger charge is 2.43. The lowest BCUT2D eigenvalue weighted by Gasteiger charge is -2.35. The van der Waals surface area contributed by atoms with Gasteiger partial charge in [-0.15, -0.1) is 0 Å². The van der Waals surface area contributed by atoms with Gasteiger partial charge in [0.2, 0.25) is 5.67 Å². The van der Waals surface area contributed by atoms with Gasteiger partial charge in [0.15, 0.2) is 5.82 Å². The fourth-order valence-corrected chi connectivity index (χ4v) is 2.51. The maximum atomic E-state index is 15.0. The molecule has 1 aliphatic rings. The second-order valence-electron chi connectivity index (χ2n) is 5.18. The molecule has 0 bridgehead atoms. The van der Waals surface area contributed by atoms with Crippen molar-refractivity contribution >= 4 is 5.91 Å². The molecule has 110 valence electrons. The van der Waals surface area contributed by atoms with Crippen LogP contribution in [0.4, 0.5) is 4.39 Å². The number of hydrogen-bond donors (Lipinski definition) is 0. The Labute approximate surface area is 121 Å². The van der Waals surface area contributed by atoms with Gasteiger partial charge in [-0.05, 0) is 31.9 Å². The Bertz CT molecular complexity index is 645. The molecule has 21 heavy (non-hydrogen) atoms. The van der Waals surface area contributed by atoms with Crippen LogP contribution >= 0.6 is 0 Å². The third-order valence-corrected chi connectivity index (χ3v) is 3.55. The molecular weight excluding hydrogens is 275 g/mol. The maximum Gasteiger partial charge on any atom is 0.266 e. The van der Waals surface area contributed by atoms with Crippen molar-refractivity contribution in [1.82, 2.24) is 20.0 Å². The number of hydrogen-bond acceptors (Lipinski definition) is 5. The molecule has 3 rings (SSSR count). The van der Waals surface area contributed by atoms with Gasteiger partial charge in [0.05, 0.1) is 12.1 Å². The fraction of sp³-hybridized carbons (Fsp3) is 0.429. The van der Waals surface area contributed by atoms with Crippen LogP contribution in [0.3, 0.4) is 0 Å². The molecular formula is C14H15FN4O2. The smallest absolute Gasteiger partial charge is 0.266 e. The number of carbonyl (C=O) groups excluding carboxylic acids is 1. The Morgan fingerprint density at radius 3 is 3.05 bits per heavy atom. The number of pyridine rings is 1. The topological polar surface area (TPSA) is 72.1 Å². The first-order chi connectivity index (χ1) is 10.1. The van der Waals surface area contributed by atoms with Crippen molar-refractivity contribution < 1.29 is 13.7 Å². The number of halogens is 1. The van der Waals surface area contributed by atoms with E-state index in [0.717, 1.165) is 0 Å². The van der Waals surface area contributed by atoms with E-state index < -0.39 is 5.67 Å². The third-order valence-electron chi connectivity index (χ3n) is 3.55. The lowest BCUT2D eigenvalue weighted by Crippen LogP contribution is -2.46. The molecule has 0 aromatic carbocycles. The monoisotopic (exact) mass is 290 g/mol. The van der Waals surface area contributed by atoms with Gasteiger partial charge < -0.3 is 9.42 Å². The first-order valence-corrected chi connectivity index (χ1v) is 6.77. The average Bonchev–Trinajstić information content (AvgIpc) is 2.95. The minimum absolute atomic E-state index is 0.0521. The molecule has 1 atom stereocenters.